The Morgan fingerprint density at radius 2 is 1.73 bits per heavy atom. The van der Waals surface area contributed by atoms with E-state index in [0.717, 1.165) is 0 Å². The van der Waals surface area contributed by atoms with Crippen molar-refractivity contribution in [3.8, 4) is 5.75 Å². The zero-order valence-corrected chi connectivity index (χ0v) is 17.2. The van der Waals surface area contributed by atoms with E-state index in [0.29, 0.717) is 34.6 Å². The Morgan fingerprint density at radius 1 is 1.12 bits per heavy atom. The Kier molecular flexibility index (Phi) is 6.66. The van der Waals surface area contributed by atoms with Gasteiger partial charge in [-0.1, -0.05) is 0 Å². The summed E-state index contributed by atoms with van der Waals surface area (Å²) >= 11 is 3.28. The van der Waals surface area contributed by atoms with Gasteiger partial charge in [-0.2, -0.15) is 0 Å². The van der Waals surface area contributed by atoms with Gasteiger partial charge in [-0.15, -0.1) is 0 Å². The maximum Gasteiger partial charge on any atom is 0.261 e. The minimum absolute atomic E-state index is 0.0801. The van der Waals surface area contributed by atoms with Crippen molar-refractivity contribution < 1.29 is 17.9 Å². The van der Waals surface area contributed by atoms with E-state index in [9.17, 15) is 13.2 Å². The molecule has 2 aromatic carbocycles. The number of halogens is 1. The number of rotatable bonds is 7. The molecule has 0 saturated carbocycles. The predicted octanol–water partition coefficient (Wildman–Crippen LogP) is 3.74. The average Bonchev–Trinajstić information content (AvgIpc) is 2.62. The molecule has 6 nitrogen and oxygen atoms in total. The van der Waals surface area contributed by atoms with Crippen LogP contribution in [-0.2, 0) is 10.0 Å². The molecule has 0 aliphatic rings. The molecule has 0 saturated heterocycles. The summed E-state index contributed by atoms with van der Waals surface area (Å²) in [5.74, 6) is 0.465. The number of ether oxygens (including phenoxy) is 1. The minimum atomic E-state index is -3.75. The second kappa shape index (κ2) is 8.55. The van der Waals surface area contributed by atoms with Crippen molar-refractivity contribution in [2.75, 3.05) is 24.9 Å². The van der Waals surface area contributed by atoms with Crippen molar-refractivity contribution in [1.82, 2.24) is 4.90 Å². The second-order valence-corrected chi connectivity index (χ2v) is 7.99. The highest BCUT2D eigenvalue weighted by atomic mass is 79.9. The third-order valence-corrected chi connectivity index (χ3v) is 5.87. The molecule has 2 aromatic rings. The fourth-order valence-corrected chi connectivity index (χ4v) is 4.18. The Balaban J connectivity index is 2.20. The monoisotopic (exact) mass is 440 g/mol. The summed E-state index contributed by atoms with van der Waals surface area (Å²) in [7, 11) is -2.24. The highest BCUT2D eigenvalue weighted by molar-refractivity contribution is 9.10. The Bertz CT molecular complexity index is 879. The van der Waals surface area contributed by atoms with Gasteiger partial charge in [-0.3, -0.25) is 9.52 Å². The third-order valence-electron chi connectivity index (χ3n) is 3.87. The van der Waals surface area contributed by atoms with Crippen LogP contribution in [0.5, 0.6) is 5.75 Å². The molecule has 0 aliphatic carbocycles. The molecule has 0 radical (unpaired) electrons. The number of anilines is 1. The highest BCUT2D eigenvalue weighted by Gasteiger charge is 2.17. The van der Waals surface area contributed by atoms with E-state index in [2.05, 4.69) is 20.7 Å². The van der Waals surface area contributed by atoms with Crippen LogP contribution in [0.1, 0.15) is 24.2 Å². The van der Waals surface area contributed by atoms with E-state index in [1.807, 2.05) is 13.8 Å². The summed E-state index contributed by atoms with van der Waals surface area (Å²) < 4.78 is 33.2. The molecule has 0 heterocycles. The largest absolute Gasteiger partial charge is 0.496 e. The molecular formula is C18H21BrN2O4S. The number of hydrogen-bond acceptors (Lipinski definition) is 4. The van der Waals surface area contributed by atoms with Gasteiger partial charge in [0.1, 0.15) is 5.75 Å². The van der Waals surface area contributed by atoms with Crippen LogP contribution in [0.2, 0.25) is 0 Å². The first-order chi connectivity index (χ1) is 12.3. The molecule has 26 heavy (non-hydrogen) atoms. The molecule has 1 amide bonds. The van der Waals surface area contributed by atoms with Gasteiger partial charge in [0.15, 0.2) is 0 Å². The molecule has 0 fully saturated rings. The molecule has 2 rings (SSSR count). The van der Waals surface area contributed by atoms with E-state index in [-0.39, 0.29) is 10.8 Å². The number of benzene rings is 2. The number of sulfonamides is 1. The molecule has 0 bridgehead atoms. The maximum atomic E-state index is 12.5. The van der Waals surface area contributed by atoms with Crippen LogP contribution in [-0.4, -0.2) is 39.4 Å². The van der Waals surface area contributed by atoms with E-state index < -0.39 is 10.0 Å². The van der Waals surface area contributed by atoms with Crippen LogP contribution in [0.4, 0.5) is 5.69 Å². The van der Waals surface area contributed by atoms with Crippen LogP contribution in [0.3, 0.4) is 0 Å². The Morgan fingerprint density at radius 3 is 2.23 bits per heavy atom. The van der Waals surface area contributed by atoms with Crippen LogP contribution in [0, 0.1) is 0 Å². The molecule has 140 valence electrons. The summed E-state index contributed by atoms with van der Waals surface area (Å²) in [4.78, 5) is 14.1. The molecule has 0 atom stereocenters. The van der Waals surface area contributed by atoms with Crippen molar-refractivity contribution in [2.24, 2.45) is 0 Å². The van der Waals surface area contributed by atoms with Crippen molar-refractivity contribution >= 4 is 37.5 Å². The lowest BCUT2D eigenvalue weighted by atomic mass is 10.2. The van der Waals surface area contributed by atoms with Gasteiger partial charge < -0.3 is 9.64 Å². The average molecular weight is 441 g/mol. The van der Waals surface area contributed by atoms with E-state index in [1.165, 1.54) is 19.2 Å². The standard InChI is InChI=1S/C18H21BrN2O4S/c1-4-21(5-2)18(22)13-6-8-14(9-7-13)20-26(23,24)15-10-11-17(25-3)16(19)12-15/h6-12,20H,4-5H2,1-3H3. The number of nitrogens with one attached hydrogen (secondary N) is 1. The SMILES string of the molecule is CCN(CC)C(=O)c1ccc(NS(=O)(=O)c2ccc(OC)c(Br)c2)cc1. The van der Waals surface area contributed by atoms with Crippen molar-refractivity contribution in [1.29, 1.82) is 0 Å². The normalized spacial score (nSPS) is 11.1. The van der Waals surface area contributed by atoms with Crippen molar-refractivity contribution in [2.45, 2.75) is 18.7 Å². The van der Waals surface area contributed by atoms with Gasteiger partial charge in [0.2, 0.25) is 0 Å². The molecule has 0 aliphatic heterocycles. The van der Waals surface area contributed by atoms with Gasteiger partial charge in [0, 0.05) is 24.3 Å². The number of hydrogen-bond donors (Lipinski definition) is 1. The summed E-state index contributed by atoms with van der Waals surface area (Å²) in [5, 5.41) is 0. The number of carbonyl (C=O) groups excluding carboxylic acids is 1. The van der Waals surface area contributed by atoms with Gasteiger partial charge in [0.05, 0.1) is 16.5 Å². The molecule has 0 spiro atoms. The fraction of sp³-hybridized carbons (Fsp3) is 0.278. The summed E-state index contributed by atoms with van der Waals surface area (Å²) in [6, 6.07) is 10.9. The van der Waals surface area contributed by atoms with Gasteiger partial charge in [-0.05, 0) is 72.2 Å². The van der Waals surface area contributed by atoms with E-state index >= 15 is 0 Å². The molecule has 0 unspecified atom stereocenters. The van der Waals surface area contributed by atoms with Crippen LogP contribution in [0.25, 0.3) is 0 Å². The lowest BCUT2D eigenvalue weighted by Crippen LogP contribution is -2.30. The van der Waals surface area contributed by atoms with E-state index in [1.54, 1.807) is 35.2 Å². The Hall–Kier alpha value is -2.06. The zero-order valence-electron chi connectivity index (χ0n) is 14.8. The van der Waals surface area contributed by atoms with Crippen LogP contribution in [0.15, 0.2) is 51.8 Å². The lowest BCUT2D eigenvalue weighted by Gasteiger charge is -2.18. The summed E-state index contributed by atoms with van der Waals surface area (Å²) in [6.07, 6.45) is 0. The van der Waals surface area contributed by atoms with E-state index in [4.69, 9.17) is 4.74 Å². The molecule has 0 aromatic heterocycles. The van der Waals surface area contributed by atoms with Crippen molar-refractivity contribution in [3.05, 3.63) is 52.5 Å². The van der Waals surface area contributed by atoms with Crippen LogP contribution < -0.4 is 9.46 Å². The number of nitrogens with zero attached hydrogens (tertiary/aromatic N) is 1. The Labute approximate surface area is 162 Å². The first-order valence-electron chi connectivity index (χ1n) is 8.08. The molecule has 1 N–H and O–H groups in total. The number of carbonyl (C=O) groups is 1. The van der Waals surface area contributed by atoms with Crippen LogP contribution >= 0.6 is 15.9 Å². The predicted molar refractivity (Wildman–Crippen MR) is 105 cm³/mol. The fourth-order valence-electron chi connectivity index (χ4n) is 2.40. The lowest BCUT2D eigenvalue weighted by molar-refractivity contribution is 0.0773. The molecular weight excluding hydrogens is 420 g/mol. The summed E-state index contributed by atoms with van der Waals surface area (Å²) in [6.45, 7) is 5.07. The minimum Gasteiger partial charge on any atom is -0.496 e. The zero-order chi connectivity index (χ0) is 19.3. The highest BCUT2D eigenvalue weighted by Crippen LogP contribution is 2.28. The second-order valence-electron chi connectivity index (χ2n) is 5.46. The molecule has 8 heteroatoms. The smallest absolute Gasteiger partial charge is 0.261 e. The van der Waals surface area contributed by atoms with Gasteiger partial charge in [-0.25, -0.2) is 8.42 Å². The van der Waals surface area contributed by atoms with Gasteiger partial charge >= 0.3 is 0 Å². The topological polar surface area (TPSA) is 75.7 Å². The first-order valence-corrected chi connectivity index (χ1v) is 10.4. The van der Waals surface area contributed by atoms with Crippen molar-refractivity contribution in [3.63, 3.8) is 0 Å². The first kappa shape index (κ1) is 20.3. The quantitative estimate of drug-likeness (QED) is 0.711. The maximum absolute atomic E-state index is 12.5. The van der Waals surface area contributed by atoms with Gasteiger partial charge in [0.25, 0.3) is 15.9 Å². The number of methoxy groups -OCH3 is 1. The number of amides is 1. The third kappa shape index (κ3) is 4.56. The summed E-state index contributed by atoms with van der Waals surface area (Å²) in [5.41, 5.74) is 0.900.